The Morgan fingerprint density at radius 3 is 2.70 bits per heavy atom. The second kappa shape index (κ2) is 7.14. The van der Waals surface area contributed by atoms with E-state index in [1.807, 2.05) is 24.4 Å². The van der Waals surface area contributed by atoms with E-state index < -0.39 is 0 Å². The van der Waals surface area contributed by atoms with Crippen molar-refractivity contribution in [3.63, 3.8) is 0 Å². The summed E-state index contributed by atoms with van der Waals surface area (Å²) in [6, 6.07) is 9.77. The van der Waals surface area contributed by atoms with E-state index in [1.165, 1.54) is 0 Å². The number of hydrogen-bond donors (Lipinski definition) is 1. The van der Waals surface area contributed by atoms with Crippen LogP contribution < -0.4 is 5.32 Å². The van der Waals surface area contributed by atoms with Gasteiger partial charge in [0.1, 0.15) is 0 Å². The summed E-state index contributed by atoms with van der Waals surface area (Å²) in [6.07, 6.45) is 2.00. The Hall–Kier alpha value is -1.000. The van der Waals surface area contributed by atoms with E-state index in [0.717, 1.165) is 31.0 Å². The van der Waals surface area contributed by atoms with Crippen LogP contribution in [0.3, 0.4) is 0 Å². The van der Waals surface area contributed by atoms with Gasteiger partial charge in [-0.15, -0.1) is 0 Å². The Morgan fingerprint density at radius 1 is 1.15 bits per heavy atom. The molecule has 0 radical (unpaired) electrons. The Balaban J connectivity index is 2.10. The van der Waals surface area contributed by atoms with E-state index >= 15 is 0 Å². The summed E-state index contributed by atoms with van der Waals surface area (Å²) in [7, 11) is 4.13. The maximum absolute atomic E-state index is 6.28. The smallest absolute Gasteiger partial charge is 0.0832 e. The first-order valence-corrected chi connectivity index (χ1v) is 7.31. The molecule has 108 valence electrons. The van der Waals surface area contributed by atoms with Crippen LogP contribution in [0.4, 0.5) is 0 Å². The third kappa shape index (κ3) is 3.76. The third-order valence-corrected chi connectivity index (χ3v) is 3.87. The van der Waals surface area contributed by atoms with Crippen molar-refractivity contribution in [1.82, 2.24) is 14.8 Å². The van der Waals surface area contributed by atoms with Gasteiger partial charge in [0, 0.05) is 31.5 Å². The highest BCUT2D eigenvalue weighted by Gasteiger charge is 2.09. The number of aromatic nitrogens is 1. The minimum Gasteiger partial charge on any atom is -0.318 e. The van der Waals surface area contributed by atoms with Gasteiger partial charge in [0.2, 0.25) is 0 Å². The zero-order valence-electron chi connectivity index (χ0n) is 11.7. The summed E-state index contributed by atoms with van der Waals surface area (Å²) >= 11 is 12.4. The summed E-state index contributed by atoms with van der Waals surface area (Å²) in [5.74, 6) is 0. The fourth-order valence-electron chi connectivity index (χ4n) is 1.99. The standard InChI is InChI=1S/C15H19Cl2N3/c1-19(2)10-8-18-11-12-5-4-9-20(12)14-7-3-6-13(16)15(14)17/h3-7,9,18H,8,10-11H2,1-2H3. The zero-order valence-corrected chi connectivity index (χ0v) is 13.2. The molecule has 1 aromatic carbocycles. The molecule has 5 heteroatoms. The van der Waals surface area contributed by atoms with Crippen molar-refractivity contribution in [2.75, 3.05) is 27.2 Å². The predicted octanol–water partition coefficient (Wildman–Crippen LogP) is 3.44. The molecule has 0 aliphatic rings. The second-order valence-corrected chi connectivity index (χ2v) is 5.71. The maximum atomic E-state index is 6.28. The number of hydrogen-bond acceptors (Lipinski definition) is 2. The van der Waals surface area contributed by atoms with Gasteiger partial charge < -0.3 is 14.8 Å². The number of nitrogens with one attached hydrogen (secondary N) is 1. The molecule has 0 spiro atoms. The van der Waals surface area contributed by atoms with Gasteiger partial charge in [0.05, 0.1) is 15.7 Å². The molecule has 0 fully saturated rings. The normalized spacial score (nSPS) is 11.2. The van der Waals surface area contributed by atoms with Crippen LogP contribution in [0.5, 0.6) is 0 Å². The SMILES string of the molecule is CN(C)CCNCc1cccn1-c1cccc(Cl)c1Cl. The molecule has 0 unspecified atom stereocenters. The van der Waals surface area contributed by atoms with Gasteiger partial charge in [-0.3, -0.25) is 0 Å². The molecule has 2 aromatic rings. The highest BCUT2D eigenvalue weighted by Crippen LogP contribution is 2.29. The Labute approximate surface area is 130 Å². The topological polar surface area (TPSA) is 20.2 Å². The molecule has 3 nitrogen and oxygen atoms in total. The number of halogens is 2. The van der Waals surface area contributed by atoms with Crippen molar-refractivity contribution >= 4 is 23.2 Å². The third-order valence-electron chi connectivity index (χ3n) is 3.07. The van der Waals surface area contributed by atoms with Gasteiger partial charge >= 0.3 is 0 Å². The van der Waals surface area contributed by atoms with Crippen molar-refractivity contribution in [1.29, 1.82) is 0 Å². The van der Waals surface area contributed by atoms with Gasteiger partial charge in [-0.05, 0) is 38.4 Å². The number of nitrogens with zero attached hydrogens (tertiary/aromatic N) is 2. The van der Waals surface area contributed by atoms with Crippen molar-refractivity contribution in [3.05, 3.63) is 52.3 Å². The molecule has 20 heavy (non-hydrogen) atoms. The average molecular weight is 312 g/mol. The largest absolute Gasteiger partial charge is 0.318 e. The van der Waals surface area contributed by atoms with E-state index in [0.29, 0.717) is 10.0 Å². The number of rotatable bonds is 6. The molecule has 0 amide bonds. The summed E-state index contributed by atoms with van der Waals surface area (Å²) < 4.78 is 2.07. The first-order valence-electron chi connectivity index (χ1n) is 6.55. The van der Waals surface area contributed by atoms with Crippen molar-refractivity contribution < 1.29 is 0 Å². The number of likely N-dealkylation sites (N-methyl/N-ethyl adjacent to an activating group) is 1. The minimum atomic E-state index is 0.574. The molecule has 0 aliphatic heterocycles. The van der Waals surface area contributed by atoms with Crippen molar-refractivity contribution in [2.45, 2.75) is 6.54 Å². The summed E-state index contributed by atoms with van der Waals surface area (Å²) in [4.78, 5) is 2.15. The Bertz CT molecular complexity index is 564. The zero-order chi connectivity index (χ0) is 14.5. The van der Waals surface area contributed by atoms with Crippen LogP contribution in [0.2, 0.25) is 10.0 Å². The number of benzene rings is 1. The van der Waals surface area contributed by atoms with Crippen LogP contribution in [-0.2, 0) is 6.54 Å². The Kier molecular flexibility index (Phi) is 5.49. The minimum absolute atomic E-state index is 0.574. The van der Waals surface area contributed by atoms with Gasteiger partial charge in [-0.2, -0.15) is 0 Å². The summed E-state index contributed by atoms with van der Waals surface area (Å²) in [6.45, 7) is 2.75. The van der Waals surface area contributed by atoms with Crippen LogP contribution in [-0.4, -0.2) is 36.7 Å². The van der Waals surface area contributed by atoms with E-state index in [1.54, 1.807) is 6.07 Å². The molecular weight excluding hydrogens is 293 g/mol. The lowest BCUT2D eigenvalue weighted by Crippen LogP contribution is -2.26. The van der Waals surface area contributed by atoms with Gasteiger partial charge in [0.15, 0.2) is 0 Å². The molecular formula is C15H19Cl2N3. The van der Waals surface area contributed by atoms with Crippen LogP contribution in [0.1, 0.15) is 5.69 Å². The molecule has 0 saturated heterocycles. The van der Waals surface area contributed by atoms with Crippen molar-refractivity contribution in [3.8, 4) is 5.69 Å². The van der Waals surface area contributed by atoms with Crippen LogP contribution >= 0.6 is 23.2 Å². The lowest BCUT2D eigenvalue weighted by molar-refractivity contribution is 0.399. The average Bonchev–Trinajstić information content (AvgIpc) is 2.86. The molecule has 1 N–H and O–H groups in total. The Morgan fingerprint density at radius 2 is 1.95 bits per heavy atom. The first-order chi connectivity index (χ1) is 9.59. The fourth-order valence-corrected chi connectivity index (χ4v) is 2.38. The molecule has 0 bridgehead atoms. The van der Waals surface area contributed by atoms with Crippen LogP contribution in [0, 0.1) is 0 Å². The predicted molar refractivity (Wildman–Crippen MR) is 86.0 cm³/mol. The van der Waals surface area contributed by atoms with Crippen LogP contribution in [0.15, 0.2) is 36.5 Å². The molecule has 0 saturated carbocycles. The molecule has 0 aliphatic carbocycles. The van der Waals surface area contributed by atoms with Gasteiger partial charge in [-0.25, -0.2) is 0 Å². The summed E-state index contributed by atoms with van der Waals surface area (Å²) in [5, 5.41) is 4.58. The maximum Gasteiger partial charge on any atom is 0.0832 e. The highest BCUT2D eigenvalue weighted by atomic mass is 35.5. The molecule has 2 rings (SSSR count). The van der Waals surface area contributed by atoms with E-state index in [2.05, 4.69) is 34.9 Å². The summed E-state index contributed by atoms with van der Waals surface area (Å²) in [5.41, 5.74) is 2.07. The van der Waals surface area contributed by atoms with E-state index in [-0.39, 0.29) is 0 Å². The molecule has 1 aromatic heterocycles. The van der Waals surface area contributed by atoms with Crippen LogP contribution in [0.25, 0.3) is 5.69 Å². The highest BCUT2D eigenvalue weighted by molar-refractivity contribution is 6.43. The monoisotopic (exact) mass is 311 g/mol. The van der Waals surface area contributed by atoms with Crippen molar-refractivity contribution in [2.24, 2.45) is 0 Å². The van der Waals surface area contributed by atoms with E-state index in [9.17, 15) is 0 Å². The lowest BCUT2D eigenvalue weighted by atomic mass is 10.3. The molecule has 1 heterocycles. The van der Waals surface area contributed by atoms with Gasteiger partial charge in [-0.1, -0.05) is 29.3 Å². The second-order valence-electron chi connectivity index (χ2n) is 4.92. The quantitative estimate of drug-likeness (QED) is 0.825. The van der Waals surface area contributed by atoms with E-state index in [4.69, 9.17) is 23.2 Å². The first kappa shape index (κ1) is 15.4. The lowest BCUT2D eigenvalue weighted by Gasteiger charge is -2.14. The molecule has 0 atom stereocenters. The van der Waals surface area contributed by atoms with Gasteiger partial charge in [0.25, 0.3) is 0 Å². The fraction of sp³-hybridized carbons (Fsp3) is 0.333.